The number of hydrogen-bond acceptors (Lipinski definition) is 1. The minimum Gasteiger partial charge on any atom is -0.294 e. The predicted octanol–water partition coefficient (Wildman–Crippen LogP) is 5.67. The van der Waals surface area contributed by atoms with Gasteiger partial charge in [0.15, 0.2) is 0 Å². The lowest BCUT2D eigenvalue weighted by Crippen LogP contribution is -2.49. The lowest BCUT2D eigenvalue weighted by molar-refractivity contribution is -0.137. The van der Waals surface area contributed by atoms with E-state index in [-0.39, 0.29) is 11.7 Å². The Bertz CT molecular complexity index is 784. The zero-order chi connectivity index (χ0) is 18.9. The fourth-order valence-corrected chi connectivity index (χ4v) is 3.09. The van der Waals surface area contributed by atoms with Crippen LogP contribution < -0.4 is 9.80 Å². The number of benzene rings is 2. The summed E-state index contributed by atoms with van der Waals surface area (Å²) < 4.78 is 38.9. The van der Waals surface area contributed by atoms with Crippen molar-refractivity contribution in [2.75, 3.05) is 22.9 Å². The number of halogens is 3. The van der Waals surface area contributed by atoms with Crippen molar-refractivity contribution in [2.24, 2.45) is 0 Å². The standard InChI is InChI=1S/C20H21F3N2O/c1-14(2)15-7-9-17(10-8-15)24-11-4-12-25(19(24)26)18-6-3-5-16(13-18)20(21,22)23/h3,5-10,13-14H,4,11-12H2,1-2H3. The van der Waals surface area contributed by atoms with Crippen LogP contribution in [0, 0.1) is 0 Å². The number of anilines is 2. The van der Waals surface area contributed by atoms with Crippen molar-refractivity contribution in [1.29, 1.82) is 0 Å². The number of nitrogens with zero attached hydrogens (tertiary/aromatic N) is 2. The van der Waals surface area contributed by atoms with Gasteiger partial charge in [-0.25, -0.2) is 4.79 Å². The van der Waals surface area contributed by atoms with Crippen LogP contribution in [0.2, 0.25) is 0 Å². The number of rotatable bonds is 3. The SMILES string of the molecule is CC(C)c1ccc(N2CCCN(c3cccc(C(F)(F)F)c3)C2=O)cc1. The third kappa shape index (κ3) is 3.69. The van der Waals surface area contributed by atoms with Gasteiger partial charge < -0.3 is 0 Å². The molecule has 0 N–H and O–H groups in total. The highest BCUT2D eigenvalue weighted by Crippen LogP contribution is 2.33. The summed E-state index contributed by atoms with van der Waals surface area (Å²) in [4.78, 5) is 15.9. The normalized spacial score (nSPS) is 15.7. The van der Waals surface area contributed by atoms with Crippen molar-refractivity contribution < 1.29 is 18.0 Å². The highest BCUT2D eigenvalue weighted by Gasteiger charge is 2.33. The van der Waals surface area contributed by atoms with Crippen LogP contribution in [0.5, 0.6) is 0 Å². The van der Waals surface area contributed by atoms with Gasteiger partial charge in [0, 0.05) is 24.5 Å². The largest absolute Gasteiger partial charge is 0.416 e. The van der Waals surface area contributed by atoms with Gasteiger partial charge in [-0.05, 0) is 48.2 Å². The summed E-state index contributed by atoms with van der Waals surface area (Å²) in [7, 11) is 0. The number of alkyl halides is 3. The molecule has 0 aromatic heterocycles. The van der Waals surface area contributed by atoms with Crippen LogP contribution in [-0.2, 0) is 6.18 Å². The van der Waals surface area contributed by atoms with Gasteiger partial charge in [0.25, 0.3) is 0 Å². The second-order valence-corrected chi connectivity index (χ2v) is 6.73. The average Bonchev–Trinajstić information content (AvgIpc) is 2.61. The quantitative estimate of drug-likeness (QED) is 0.690. The molecule has 2 aromatic carbocycles. The molecule has 3 rings (SSSR count). The molecular weight excluding hydrogens is 341 g/mol. The van der Waals surface area contributed by atoms with E-state index in [1.54, 1.807) is 11.0 Å². The Morgan fingerprint density at radius 1 is 0.923 bits per heavy atom. The first-order valence-electron chi connectivity index (χ1n) is 8.63. The maximum absolute atomic E-state index is 13.0. The number of carbonyl (C=O) groups excluding carboxylic acids is 1. The Kier molecular flexibility index (Phi) is 4.94. The Hall–Kier alpha value is -2.50. The summed E-state index contributed by atoms with van der Waals surface area (Å²) in [6.45, 7) is 5.14. The highest BCUT2D eigenvalue weighted by molar-refractivity contribution is 6.04. The number of hydrogen-bond donors (Lipinski definition) is 0. The van der Waals surface area contributed by atoms with Gasteiger partial charge in [-0.15, -0.1) is 0 Å². The zero-order valence-electron chi connectivity index (χ0n) is 14.8. The van der Waals surface area contributed by atoms with Gasteiger partial charge >= 0.3 is 12.2 Å². The molecule has 6 heteroatoms. The first-order valence-corrected chi connectivity index (χ1v) is 8.63. The molecule has 0 bridgehead atoms. The average molecular weight is 362 g/mol. The molecule has 2 amide bonds. The molecule has 3 nitrogen and oxygen atoms in total. The van der Waals surface area contributed by atoms with Crippen LogP contribution in [0.1, 0.15) is 37.3 Å². The lowest BCUT2D eigenvalue weighted by atomic mass is 10.0. The zero-order valence-corrected chi connectivity index (χ0v) is 14.8. The minimum atomic E-state index is -4.43. The first kappa shape index (κ1) is 18.3. The Morgan fingerprint density at radius 2 is 1.54 bits per heavy atom. The van der Waals surface area contributed by atoms with Gasteiger partial charge in [0.2, 0.25) is 0 Å². The van der Waals surface area contributed by atoms with Gasteiger partial charge in [0.05, 0.1) is 5.56 Å². The van der Waals surface area contributed by atoms with Crippen molar-refractivity contribution in [3.05, 3.63) is 59.7 Å². The summed E-state index contributed by atoms with van der Waals surface area (Å²) in [5.41, 5.74) is 1.46. The van der Waals surface area contributed by atoms with Crippen LogP contribution in [0.3, 0.4) is 0 Å². The highest BCUT2D eigenvalue weighted by atomic mass is 19.4. The van der Waals surface area contributed by atoms with Crippen molar-refractivity contribution >= 4 is 17.4 Å². The third-order valence-corrected chi connectivity index (χ3v) is 4.58. The molecule has 0 unspecified atom stereocenters. The molecule has 0 aliphatic carbocycles. The number of carbonyl (C=O) groups is 1. The number of amides is 2. The summed E-state index contributed by atoms with van der Waals surface area (Å²) >= 11 is 0. The maximum atomic E-state index is 13.0. The van der Waals surface area contributed by atoms with Gasteiger partial charge in [0.1, 0.15) is 0 Å². The molecule has 1 aliphatic heterocycles. The fraction of sp³-hybridized carbons (Fsp3) is 0.350. The van der Waals surface area contributed by atoms with Crippen LogP contribution in [0.25, 0.3) is 0 Å². The van der Waals surface area contributed by atoms with E-state index in [9.17, 15) is 18.0 Å². The molecule has 1 heterocycles. The van der Waals surface area contributed by atoms with E-state index in [1.165, 1.54) is 16.5 Å². The molecule has 1 fully saturated rings. The third-order valence-electron chi connectivity index (χ3n) is 4.58. The predicted molar refractivity (Wildman–Crippen MR) is 96.7 cm³/mol. The summed E-state index contributed by atoms with van der Waals surface area (Å²) in [5, 5.41) is 0. The molecular formula is C20H21F3N2O. The van der Waals surface area contributed by atoms with Crippen molar-refractivity contribution in [2.45, 2.75) is 32.4 Å². The van der Waals surface area contributed by atoms with Crippen molar-refractivity contribution in [1.82, 2.24) is 0 Å². The summed E-state index contributed by atoms with van der Waals surface area (Å²) in [6.07, 6.45) is -3.74. The molecule has 0 spiro atoms. The van der Waals surface area contributed by atoms with E-state index >= 15 is 0 Å². The van der Waals surface area contributed by atoms with Crippen LogP contribution in [0.4, 0.5) is 29.3 Å². The van der Waals surface area contributed by atoms with Crippen LogP contribution in [-0.4, -0.2) is 19.1 Å². The number of urea groups is 1. The molecule has 1 aliphatic rings. The molecule has 0 atom stereocenters. The second-order valence-electron chi connectivity index (χ2n) is 6.73. The molecule has 2 aromatic rings. The molecule has 26 heavy (non-hydrogen) atoms. The summed E-state index contributed by atoms with van der Waals surface area (Å²) in [6, 6.07) is 12.4. The van der Waals surface area contributed by atoms with E-state index in [0.29, 0.717) is 25.4 Å². The topological polar surface area (TPSA) is 23.6 Å². The van der Waals surface area contributed by atoms with E-state index in [0.717, 1.165) is 17.8 Å². The Morgan fingerprint density at radius 3 is 2.12 bits per heavy atom. The monoisotopic (exact) mass is 362 g/mol. The fourth-order valence-electron chi connectivity index (χ4n) is 3.09. The van der Waals surface area contributed by atoms with Crippen molar-refractivity contribution in [3.63, 3.8) is 0 Å². The first-order chi connectivity index (χ1) is 12.3. The van der Waals surface area contributed by atoms with E-state index in [2.05, 4.69) is 13.8 Å². The Labute approximate surface area is 151 Å². The molecule has 0 radical (unpaired) electrons. The van der Waals surface area contributed by atoms with Gasteiger partial charge in [-0.3, -0.25) is 9.80 Å². The molecule has 1 saturated heterocycles. The van der Waals surface area contributed by atoms with E-state index in [4.69, 9.17) is 0 Å². The lowest BCUT2D eigenvalue weighted by Gasteiger charge is -2.36. The maximum Gasteiger partial charge on any atom is 0.416 e. The van der Waals surface area contributed by atoms with E-state index < -0.39 is 11.7 Å². The van der Waals surface area contributed by atoms with E-state index in [1.807, 2.05) is 24.3 Å². The van der Waals surface area contributed by atoms with Crippen LogP contribution in [0.15, 0.2) is 48.5 Å². The second kappa shape index (κ2) is 7.02. The van der Waals surface area contributed by atoms with Crippen molar-refractivity contribution in [3.8, 4) is 0 Å². The summed E-state index contributed by atoms with van der Waals surface area (Å²) in [5.74, 6) is 0.391. The van der Waals surface area contributed by atoms with Gasteiger partial charge in [-0.1, -0.05) is 32.0 Å². The minimum absolute atomic E-state index is 0.272. The molecule has 0 saturated carbocycles. The van der Waals surface area contributed by atoms with Crippen LogP contribution >= 0.6 is 0 Å². The Balaban J connectivity index is 1.86. The van der Waals surface area contributed by atoms with Gasteiger partial charge in [-0.2, -0.15) is 13.2 Å². The smallest absolute Gasteiger partial charge is 0.294 e. The molecule has 138 valence electrons.